The Balaban J connectivity index is 2.45. The molecule has 1 N–H and O–H groups in total. The number of anilines is 2. The molecule has 0 radical (unpaired) electrons. The molecule has 0 fully saturated rings. The molecule has 1 heterocycles. The average Bonchev–Trinajstić information content (AvgIpc) is 2.26. The van der Waals surface area contributed by atoms with Gasteiger partial charge in [0.1, 0.15) is 16.8 Å². The molecule has 0 bridgehead atoms. The highest BCUT2D eigenvalue weighted by Crippen LogP contribution is 2.27. The summed E-state index contributed by atoms with van der Waals surface area (Å²) in [7, 11) is 0. The second-order valence-corrected chi connectivity index (χ2v) is 4.96. The van der Waals surface area contributed by atoms with Gasteiger partial charge < -0.3 is 5.32 Å². The summed E-state index contributed by atoms with van der Waals surface area (Å²) >= 11 is 17.7. The zero-order valence-electron chi connectivity index (χ0n) is 9.75. The van der Waals surface area contributed by atoms with Crippen LogP contribution >= 0.6 is 34.8 Å². The molecule has 2 aromatic rings. The molecule has 0 atom stereocenters. The third-order valence-electron chi connectivity index (χ3n) is 2.25. The van der Waals surface area contributed by atoms with E-state index < -0.39 is 0 Å². The second kappa shape index (κ2) is 5.74. The minimum absolute atomic E-state index is 0.0955. The minimum atomic E-state index is 0.0955. The molecule has 0 saturated heterocycles. The summed E-state index contributed by atoms with van der Waals surface area (Å²) in [5.41, 5.74) is 0.790. The number of halogens is 3. The van der Waals surface area contributed by atoms with E-state index in [1.54, 1.807) is 25.1 Å². The highest BCUT2D eigenvalue weighted by Gasteiger charge is 2.11. The molecule has 0 aliphatic carbocycles. The largest absolute Gasteiger partial charge is 0.339 e. The molecule has 7 heteroatoms. The van der Waals surface area contributed by atoms with Crippen LogP contribution in [-0.2, 0) is 0 Å². The lowest BCUT2D eigenvalue weighted by Crippen LogP contribution is -2.03. The van der Waals surface area contributed by atoms with Gasteiger partial charge in [0.05, 0.1) is 5.56 Å². The van der Waals surface area contributed by atoms with Crippen LogP contribution in [0.1, 0.15) is 16.2 Å². The summed E-state index contributed by atoms with van der Waals surface area (Å²) in [6, 6.07) is 4.92. The number of nitrogens with one attached hydrogen (secondary N) is 1. The number of hydrogen-bond acceptors (Lipinski definition) is 4. The minimum Gasteiger partial charge on any atom is -0.339 e. The number of aryl methyl sites for hydroxylation is 1. The Morgan fingerprint density at radius 2 is 1.74 bits per heavy atom. The molecule has 0 saturated carbocycles. The molecule has 2 rings (SSSR count). The van der Waals surface area contributed by atoms with E-state index >= 15 is 0 Å². The summed E-state index contributed by atoms with van der Waals surface area (Å²) in [6.45, 7) is 1.68. The number of benzene rings is 1. The van der Waals surface area contributed by atoms with Gasteiger partial charge in [-0.25, -0.2) is 9.97 Å². The molecular formula is C12H8Cl3N3O. The average molecular weight is 317 g/mol. The molecule has 4 nitrogen and oxygen atoms in total. The van der Waals surface area contributed by atoms with Gasteiger partial charge in [-0.2, -0.15) is 0 Å². The van der Waals surface area contributed by atoms with Crippen molar-refractivity contribution in [3.63, 3.8) is 0 Å². The maximum Gasteiger partial charge on any atom is 0.156 e. The van der Waals surface area contributed by atoms with Crippen LogP contribution in [0, 0.1) is 6.92 Å². The fourth-order valence-corrected chi connectivity index (χ4v) is 2.29. The summed E-state index contributed by atoms with van der Waals surface area (Å²) in [5.74, 6) is 0.761. The summed E-state index contributed by atoms with van der Waals surface area (Å²) in [4.78, 5) is 19.1. The van der Waals surface area contributed by atoms with Gasteiger partial charge in [-0.05, 0) is 25.1 Å². The number of carbonyl (C=O) groups excluding carboxylic acids is 1. The van der Waals surface area contributed by atoms with E-state index in [0.717, 1.165) is 0 Å². The van der Waals surface area contributed by atoms with Crippen LogP contribution in [0.15, 0.2) is 18.2 Å². The van der Waals surface area contributed by atoms with E-state index in [9.17, 15) is 4.79 Å². The molecule has 1 aromatic carbocycles. The Hall–Kier alpha value is -1.36. The van der Waals surface area contributed by atoms with Gasteiger partial charge in [0.2, 0.25) is 0 Å². The van der Waals surface area contributed by atoms with Gasteiger partial charge in [0, 0.05) is 15.7 Å². The Bertz CT molecular complexity index is 626. The summed E-state index contributed by atoms with van der Waals surface area (Å²) < 4.78 is 0. The maximum atomic E-state index is 11.0. The lowest BCUT2D eigenvalue weighted by Gasteiger charge is -2.10. The van der Waals surface area contributed by atoms with Crippen molar-refractivity contribution in [1.82, 2.24) is 9.97 Å². The predicted molar refractivity (Wildman–Crippen MR) is 76.9 cm³/mol. The number of rotatable bonds is 3. The van der Waals surface area contributed by atoms with Crippen LogP contribution in [0.5, 0.6) is 0 Å². The van der Waals surface area contributed by atoms with Crippen molar-refractivity contribution < 1.29 is 4.79 Å². The van der Waals surface area contributed by atoms with Crippen molar-refractivity contribution >= 4 is 52.6 Å². The Morgan fingerprint density at radius 3 is 2.32 bits per heavy atom. The Morgan fingerprint density at radius 1 is 1.11 bits per heavy atom. The van der Waals surface area contributed by atoms with E-state index in [1.807, 2.05) is 0 Å². The van der Waals surface area contributed by atoms with Crippen LogP contribution in [-0.4, -0.2) is 16.3 Å². The number of aldehydes is 1. The van der Waals surface area contributed by atoms with Crippen molar-refractivity contribution in [2.75, 3.05) is 5.32 Å². The van der Waals surface area contributed by atoms with Gasteiger partial charge in [0.15, 0.2) is 6.29 Å². The fraction of sp³-hybridized carbons (Fsp3) is 0.0833. The van der Waals surface area contributed by atoms with Gasteiger partial charge >= 0.3 is 0 Å². The normalized spacial score (nSPS) is 10.3. The Labute approximate surface area is 124 Å². The fourth-order valence-electron chi connectivity index (χ4n) is 1.51. The Kier molecular flexibility index (Phi) is 4.24. The van der Waals surface area contributed by atoms with Crippen LogP contribution in [0.25, 0.3) is 0 Å². The van der Waals surface area contributed by atoms with Crippen LogP contribution in [0.4, 0.5) is 11.5 Å². The lowest BCUT2D eigenvalue weighted by molar-refractivity contribution is 0.112. The first-order chi connectivity index (χ1) is 8.99. The van der Waals surface area contributed by atoms with Gasteiger partial charge in [-0.1, -0.05) is 34.8 Å². The van der Waals surface area contributed by atoms with E-state index in [0.29, 0.717) is 33.7 Å². The quantitative estimate of drug-likeness (QED) is 0.677. The van der Waals surface area contributed by atoms with E-state index in [-0.39, 0.29) is 10.7 Å². The molecule has 19 heavy (non-hydrogen) atoms. The number of aromatic nitrogens is 2. The summed E-state index contributed by atoms with van der Waals surface area (Å²) in [5, 5.41) is 3.99. The zero-order chi connectivity index (χ0) is 14.0. The summed E-state index contributed by atoms with van der Waals surface area (Å²) in [6.07, 6.45) is 0.594. The van der Waals surface area contributed by atoms with Crippen molar-refractivity contribution in [2.24, 2.45) is 0 Å². The van der Waals surface area contributed by atoms with Crippen LogP contribution < -0.4 is 5.32 Å². The molecule has 98 valence electrons. The first-order valence-electron chi connectivity index (χ1n) is 5.22. The van der Waals surface area contributed by atoms with Crippen LogP contribution in [0.2, 0.25) is 15.2 Å². The standard InChI is InChI=1S/C12H8Cl3N3O/c1-6-16-11(15)10(5-19)12(17-6)18-9-3-7(13)2-8(14)4-9/h2-5H,1H3,(H,16,17,18). The molecule has 0 spiro atoms. The molecular weight excluding hydrogens is 309 g/mol. The van der Waals surface area contributed by atoms with Crippen molar-refractivity contribution in [2.45, 2.75) is 6.92 Å². The van der Waals surface area contributed by atoms with E-state index in [2.05, 4.69) is 15.3 Å². The SMILES string of the molecule is Cc1nc(Cl)c(C=O)c(Nc2cc(Cl)cc(Cl)c2)n1. The maximum absolute atomic E-state index is 11.0. The van der Waals surface area contributed by atoms with Crippen LogP contribution in [0.3, 0.4) is 0 Å². The van der Waals surface area contributed by atoms with Crippen molar-refractivity contribution in [3.05, 3.63) is 44.8 Å². The zero-order valence-corrected chi connectivity index (χ0v) is 12.0. The van der Waals surface area contributed by atoms with E-state index in [1.165, 1.54) is 0 Å². The third kappa shape index (κ3) is 3.35. The molecule has 0 unspecified atom stereocenters. The van der Waals surface area contributed by atoms with Crippen molar-refractivity contribution in [1.29, 1.82) is 0 Å². The van der Waals surface area contributed by atoms with E-state index in [4.69, 9.17) is 34.8 Å². The molecule has 0 amide bonds. The van der Waals surface area contributed by atoms with Gasteiger partial charge in [-0.3, -0.25) is 4.79 Å². The predicted octanol–water partition coefficient (Wildman–Crippen LogP) is 4.30. The topological polar surface area (TPSA) is 54.9 Å². The highest BCUT2D eigenvalue weighted by atomic mass is 35.5. The number of carbonyl (C=O) groups is 1. The second-order valence-electron chi connectivity index (χ2n) is 3.72. The molecule has 0 aliphatic rings. The first-order valence-corrected chi connectivity index (χ1v) is 6.35. The lowest BCUT2D eigenvalue weighted by atomic mass is 10.3. The van der Waals surface area contributed by atoms with Crippen molar-refractivity contribution in [3.8, 4) is 0 Å². The smallest absolute Gasteiger partial charge is 0.156 e. The first kappa shape index (κ1) is 14.1. The molecule has 0 aliphatic heterocycles. The number of hydrogen-bond donors (Lipinski definition) is 1. The monoisotopic (exact) mass is 315 g/mol. The highest BCUT2D eigenvalue weighted by molar-refractivity contribution is 6.35. The van der Waals surface area contributed by atoms with Gasteiger partial charge in [0.25, 0.3) is 0 Å². The number of nitrogens with zero attached hydrogens (tertiary/aromatic N) is 2. The third-order valence-corrected chi connectivity index (χ3v) is 2.98. The van der Waals surface area contributed by atoms with Gasteiger partial charge in [-0.15, -0.1) is 0 Å². The molecule has 1 aromatic heterocycles.